The third-order valence-electron chi connectivity index (χ3n) is 6.12. The molecule has 1 N–H and O–H groups in total. The average molecular weight is 463 g/mol. The molecule has 0 fully saturated rings. The minimum absolute atomic E-state index is 0.149. The van der Waals surface area contributed by atoms with E-state index in [2.05, 4.69) is 46.7 Å². The van der Waals surface area contributed by atoms with Crippen LogP contribution in [-0.4, -0.2) is 22.5 Å². The van der Waals surface area contributed by atoms with Gasteiger partial charge in [0.2, 0.25) is 0 Å². The Balaban J connectivity index is 1.27. The fourth-order valence-electron chi connectivity index (χ4n) is 4.40. The van der Waals surface area contributed by atoms with Crippen LogP contribution in [0.4, 0.5) is 15.6 Å². The number of para-hydroxylation sites is 1. The molecule has 3 aromatic carbocycles. The van der Waals surface area contributed by atoms with Crippen molar-refractivity contribution in [2.24, 2.45) is 0 Å². The fourth-order valence-corrected chi connectivity index (χ4v) is 5.25. The van der Waals surface area contributed by atoms with Crippen LogP contribution in [-0.2, 0) is 6.42 Å². The number of nitrogens with one attached hydrogen (secondary N) is 1. The van der Waals surface area contributed by atoms with Gasteiger partial charge >= 0.3 is 6.03 Å². The predicted octanol–water partition coefficient (Wildman–Crippen LogP) is 7.01. The number of benzene rings is 3. The van der Waals surface area contributed by atoms with Gasteiger partial charge < -0.3 is 0 Å². The minimum atomic E-state index is -0.149. The Morgan fingerprint density at radius 1 is 0.882 bits per heavy atom. The van der Waals surface area contributed by atoms with Gasteiger partial charge in [-0.25, -0.2) is 9.78 Å². The number of nitrogens with zero attached hydrogens (tertiary/aromatic N) is 3. The number of urea groups is 1. The maximum absolute atomic E-state index is 13.2. The number of hydrogen-bond acceptors (Lipinski definition) is 4. The van der Waals surface area contributed by atoms with Gasteiger partial charge in [-0.05, 0) is 48.2 Å². The number of hydrogen-bond donors (Lipinski definition) is 1. The van der Waals surface area contributed by atoms with E-state index in [1.165, 1.54) is 16.9 Å². The van der Waals surface area contributed by atoms with Crippen LogP contribution < -0.4 is 10.2 Å². The number of amides is 2. The number of carbonyl (C=O) groups excluding carboxylic acids is 1. The quantitative estimate of drug-likeness (QED) is 0.314. The second kappa shape index (κ2) is 8.72. The summed E-state index contributed by atoms with van der Waals surface area (Å²) in [4.78, 5) is 24.3. The SMILES string of the molecule is O=C(Nc1nc2ccccc2s1)N1CCCc2ccc(-c3ccc(-c4ccccc4)cn3)cc21. The molecule has 0 bridgehead atoms. The standard InChI is InChI=1S/C28H22N4OS/c33-28(31-27-30-24-10-4-5-11-26(24)34-27)32-16-6-9-20-12-13-21(17-25(20)32)23-15-14-22(18-29-23)19-7-2-1-3-8-19/h1-5,7-8,10-15,17-18H,6,9,16H2,(H,30,31,33). The van der Waals surface area contributed by atoms with Crippen LogP contribution in [0.2, 0.25) is 0 Å². The molecule has 3 heterocycles. The van der Waals surface area contributed by atoms with Gasteiger partial charge in [-0.15, -0.1) is 0 Å². The molecule has 0 saturated carbocycles. The molecule has 2 amide bonds. The lowest BCUT2D eigenvalue weighted by Gasteiger charge is -2.29. The van der Waals surface area contributed by atoms with E-state index in [-0.39, 0.29) is 6.03 Å². The summed E-state index contributed by atoms with van der Waals surface area (Å²) >= 11 is 1.49. The summed E-state index contributed by atoms with van der Waals surface area (Å²) in [5.41, 5.74) is 7.13. The van der Waals surface area contributed by atoms with E-state index < -0.39 is 0 Å². The first kappa shape index (κ1) is 20.6. The van der Waals surface area contributed by atoms with Crippen molar-refractivity contribution in [2.75, 3.05) is 16.8 Å². The lowest BCUT2D eigenvalue weighted by atomic mass is 9.98. The second-order valence-corrected chi connectivity index (χ2v) is 9.34. The smallest absolute Gasteiger partial charge is 0.294 e. The van der Waals surface area contributed by atoms with E-state index in [1.54, 1.807) is 0 Å². The van der Waals surface area contributed by atoms with Crippen LogP contribution in [0.5, 0.6) is 0 Å². The minimum Gasteiger partial charge on any atom is -0.294 e. The third-order valence-corrected chi connectivity index (χ3v) is 7.08. The number of anilines is 2. The average Bonchev–Trinajstić information content (AvgIpc) is 3.31. The highest BCUT2D eigenvalue weighted by molar-refractivity contribution is 7.22. The van der Waals surface area contributed by atoms with Crippen molar-refractivity contribution in [2.45, 2.75) is 12.8 Å². The Morgan fingerprint density at radius 3 is 2.53 bits per heavy atom. The van der Waals surface area contributed by atoms with Gasteiger partial charge in [0.05, 0.1) is 15.9 Å². The first-order valence-electron chi connectivity index (χ1n) is 11.3. The first-order chi connectivity index (χ1) is 16.7. The van der Waals surface area contributed by atoms with Crippen molar-refractivity contribution >= 4 is 38.4 Å². The third kappa shape index (κ3) is 3.93. The van der Waals surface area contributed by atoms with E-state index in [9.17, 15) is 4.79 Å². The van der Waals surface area contributed by atoms with Crippen LogP contribution >= 0.6 is 11.3 Å². The summed E-state index contributed by atoms with van der Waals surface area (Å²) in [6.45, 7) is 0.674. The van der Waals surface area contributed by atoms with Crippen LogP contribution in [0.1, 0.15) is 12.0 Å². The van der Waals surface area contributed by atoms with Gasteiger partial charge in [-0.3, -0.25) is 15.2 Å². The van der Waals surface area contributed by atoms with Crippen molar-refractivity contribution in [3.8, 4) is 22.4 Å². The molecule has 6 rings (SSSR count). The van der Waals surface area contributed by atoms with E-state index >= 15 is 0 Å². The molecule has 0 spiro atoms. The maximum Gasteiger partial charge on any atom is 0.328 e. The highest BCUT2D eigenvalue weighted by Gasteiger charge is 2.24. The summed E-state index contributed by atoms with van der Waals surface area (Å²) in [7, 11) is 0. The van der Waals surface area contributed by atoms with Crippen LogP contribution in [0.3, 0.4) is 0 Å². The van der Waals surface area contributed by atoms with E-state index in [0.29, 0.717) is 11.7 Å². The fraction of sp³-hybridized carbons (Fsp3) is 0.107. The molecule has 6 heteroatoms. The summed E-state index contributed by atoms with van der Waals surface area (Å²) in [5.74, 6) is 0. The zero-order valence-electron chi connectivity index (χ0n) is 18.4. The monoisotopic (exact) mass is 462 g/mol. The molecular weight excluding hydrogens is 440 g/mol. The van der Waals surface area contributed by atoms with Gasteiger partial charge in [-0.2, -0.15) is 0 Å². The Morgan fingerprint density at radius 2 is 1.71 bits per heavy atom. The molecular formula is C28H22N4OS. The van der Waals surface area contributed by atoms with Crippen LogP contribution in [0.25, 0.3) is 32.6 Å². The largest absolute Gasteiger partial charge is 0.328 e. The highest BCUT2D eigenvalue weighted by Crippen LogP contribution is 2.33. The molecule has 0 aliphatic carbocycles. The normalized spacial score (nSPS) is 13.0. The highest BCUT2D eigenvalue weighted by atomic mass is 32.1. The second-order valence-electron chi connectivity index (χ2n) is 8.31. The molecule has 0 saturated heterocycles. The van der Waals surface area contributed by atoms with E-state index in [4.69, 9.17) is 4.98 Å². The van der Waals surface area contributed by atoms with E-state index in [1.807, 2.05) is 59.6 Å². The lowest BCUT2D eigenvalue weighted by Crippen LogP contribution is -2.38. The van der Waals surface area contributed by atoms with Crippen molar-refractivity contribution in [1.29, 1.82) is 0 Å². The van der Waals surface area contributed by atoms with Gasteiger partial charge in [0.1, 0.15) is 0 Å². The van der Waals surface area contributed by atoms with Gasteiger partial charge in [-0.1, -0.05) is 72.0 Å². The number of fused-ring (bicyclic) bond motifs is 2. The molecule has 2 aromatic heterocycles. The number of thiazole rings is 1. The van der Waals surface area contributed by atoms with Crippen molar-refractivity contribution in [1.82, 2.24) is 9.97 Å². The summed E-state index contributed by atoms with van der Waals surface area (Å²) < 4.78 is 1.06. The van der Waals surface area contributed by atoms with Crippen molar-refractivity contribution in [3.63, 3.8) is 0 Å². The van der Waals surface area contributed by atoms with Crippen LogP contribution in [0, 0.1) is 0 Å². The van der Waals surface area contributed by atoms with Crippen molar-refractivity contribution in [3.05, 3.63) is 96.7 Å². The summed E-state index contributed by atoms with van der Waals surface area (Å²) in [5, 5.41) is 3.62. The van der Waals surface area contributed by atoms with Gasteiger partial charge in [0.15, 0.2) is 5.13 Å². The Labute approximate surface area is 201 Å². The maximum atomic E-state index is 13.2. The molecule has 0 radical (unpaired) electrons. The molecule has 5 nitrogen and oxygen atoms in total. The Kier molecular flexibility index (Phi) is 5.28. The summed E-state index contributed by atoms with van der Waals surface area (Å²) in [6.07, 6.45) is 3.80. The van der Waals surface area contributed by atoms with E-state index in [0.717, 1.165) is 51.1 Å². The molecule has 0 unspecified atom stereocenters. The first-order valence-corrected chi connectivity index (χ1v) is 12.2. The molecule has 34 heavy (non-hydrogen) atoms. The molecule has 166 valence electrons. The number of carbonyl (C=O) groups is 1. The molecule has 5 aromatic rings. The molecule has 1 aliphatic heterocycles. The lowest BCUT2D eigenvalue weighted by molar-refractivity contribution is 0.256. The van der Waals surface area contributed by atoms with Crippen LogP contribution in [0.15, 0.2) is 91.1 Å². The van der Waals surface area contributed by atoms with Crippen molar-refractivity contribution < 1.29 is 4.79 Å². The zero-order valence-corrected chi connectivity index (χ0v) is 19.3. The molecule has 0 atom stereocenters. The Bertz CT molecular complexity index is 1440. The van der Waals surface area contributed by atoms with Gasteiger partial charge in [0, 0.05) is 29.6 Å². The number of aryl methyl sites for hydroxylation is 1. The Hall–Kier alpha value is -4.03. The predicted molar refractivity (Wildman–Crippen MR) is 139 cm³/mol. The summed E-state index contributed by atoms with van der Waals surface area (Å²) in [6, 6.07) is 28.4. The van der Waals surface area contributed by atoms with Gasteiger partial charge in [0.25, 0.3) is 0 Å². The topological polar surface area (TPSA) is 58.1 Å². The number of pyridine rings is 1. The molecule has 1 aliphatic rings. The zero-order chi connectivity index (χ0) is 22.9. The number of aromatic nitrogens is 2. The number of rotatable bonds is 3.